The molecular weight excluding hydrogens is 211 g/mol. The molecule has 0 spiro atoms. The summed E-state index contributed by atoms with van der Waals surface area (Å²) in [5.41, 5.74) is -0.973. The molecule has 1 aromatic carbocycles. The monoisotopic (exact) mass is 219 g/mol. The van der Waals surface area contributed by atoms with Crippen molar-refractivity contribution in [1.29, 1.82) is 0 Å². The van der Waals surface area contributed by atoms with Crippen molar-refractivity contribution in [3.05, 3.63) is 35.1 Å². The van der Waals surface area contributed by atoms with Crippen LogP contribution in [0.4, 0.5) is 13.2 Å². The van der Waals surface area contributed by atoms with Gasteiger partial charge in [-0.05, 0) is 12.1 Å². The fraction of sp³-hybridized carbons (Fsp3) is 0.222. The van der Waals surface area contributed by atoms with E-state index in [2.05, 4.69) is 4.84 Å². The van der Waals surface area contributed by atoms with Crippen LogP contribution >= 0.6 is 0 Å². The summed E-state index contributed by atoms with van der Waals surface area (Å²) in [5, 5.41) is 0.598. The van der Waals surface area contributed by atoms with E-state index in [1.807, 2.05) is 0 Å². The van der Waals surface area contributed by atoms with Gasteiger partial charge in [-0.3, -0.25) is 9.63 Å². The van der Waals surface area contributed by atoms with Gasteiger partial charge in [0.05, 0.1) is 7.11 Å². The lowest BCUT2D eigenvalue weighted by Gasteiger charge is -2.14. The van der Waals surface area contributed by atoms with Gasteiger partial charge >= 0.3 is 0 Å². The Morgan fingerprint density at radius 3 is 2.33 bits per heavy atom. The summed E-state index contributed by atoms with van der Waals surface area (Å²) < 4.78 is 38.9. The van der Waals surface area contributed by atoms with Crippen molar-refractivity contribution >= 4 is 5.91 Å². The van der Waals surface area contributed by atoms with Crippen LogP contribution in [0.15, 0.2) is 12.1 Å². The summed E-state index contributed by atoms with van der Waals surface area (Å²) in [5.74, 6) is -5.04. The molecular formula is C9H8F3NO2. The zero-order valence-electron chi connectivity index (χ0n) is 8.05. The van der Waals surface area contributed by atoms with E-state index in [0.717, 1.165) is 14.2 Å². The Morgan fingerprint density at radius 2 is 1.80 bits per heavy atom. The topological polar surface area (TPSA) is 29.5 Å². The number of nitrogens with zero attached hydrogens (tertiary/aromatic N) is 1. The van der Waals surface area contributed by atoms with Crippen molar-refractivity contribution < 1.29 is 22.8 Å². The molecule has 3 nitrogen and oxygen atoms in total. The summed E-state index contributed by atoms with van der Waals surface area (Å²) in [6, 6.07) is 1.28. The fourth-order valence-electron chi connectivity index (χ4n) is 0.963. The van der Waals surface area contributed by atoms with Crippen LogP contribution in [0, 0.1) is 17.5 Å². The van der Waals surface area contributed by atoms with Gasteiger partial charge in [0.15, 0.2) is 11.6 Å². The molecule has 82 valence electrons. The van der Waals surface area contributed by atoms with E-state index in [4.69, 9.17) is 0 Å². The molecule has 0 radical (unpaired) electrons. The molecule has 1 aromatic rings. The van der Waals surface area contributed by atoms with E-state index in [9.17, 15) is 18.0 Å². The van der Waals surface area contributed by atoms with Crippen molar-refractivity contribution in [2.45, 2.75) is 0 Å². The van der Waals surface area contributed by atoms with E-state index in [0.29, 0.717) is 17.2 Å². The molecule has 6 heteroatoms. The number of hydrogen-bond donors (Lipinski definition) is 0. The Hall–Kier alpha value is -1.56. The Bertz CT molecular complexity index is 395. The molecule has 0 bridgehead atoms. The fourth-order valence-corrected chi connectivity index (χ4v) is 0.963. The molecule has 0 aliphatic rings. The standard InChI is InChI=1S/C9H8F3NO2/c1-13(15-2)9(14)7-5(10)3-4-6(11)8(7)12/h3-4H,1-2H3. The van der Waals surface area contributed by atoms with Crippen molar-refractivity contribution in [1.82, 2.24) is 5.06 Å². The van der Waals surface area contributed by atoms with Gasteiger partial charge in [-0.2, -0.15) is 0 Å². The van der Waals surface area contributed by atoms with Crippen molar-refractivity contribution in [3.63, 3.8) is 0 Å². The number of halogens is 3. The zero-order valence-corrected chi connectivity index (χ0v) is 8.05. The second kappa shape index (κ2) is 4.31. The second-order valence-electron chi connectivity index (χ2n) is 2.70. The SMILES string of the molecule is CON(C)C(=O)c1c(F)ccc(F)c1F. The molecule has 0 heterocycles. The van der Waals surface area contributed by atoms with Crippen LogP contribution in [-0.4, -0.2) is 25.1 Å². The van der Waals surface area contributed by atoms with Crippen molar-refractivity contribution in [2.75, 3.05) is 14.2 Å². The minimum Gasteiger partial charge on any atom is -0.274 e. The summed E-state index contributed by atoms with van der Waals surface area (Å²) in [7, 11) is 2.30. The van der Waals surface area contributed by atoms with Gasteiger partial charge in [-0.15, -0.1) is 0 Å². The molecule has 1 amide bonds. The maximum Gasteiger partial charge on any atom is 0.283 e. The van der Waals surface area contributed by atoms with Gasteiger partial charge in [-0.1, -0.05) is 0 Å². The Balaban J connectivity index is 3.24. The highest BCUT2D eigenvalue weighted by Crippen LogP contribution is 2.17. The van der Waals surface area contributed by atoms with Gasteiger partial charge in [0.2, 0.25) is 0 Å². The Morgan fingerprint density at radius 1 is 1.27 bits per heavy atom. The Kier molecular flexibility index (Phi) is 3.31. The smallest absolute Gasteiger partial charge is 0.274 e. The number of hydroxylamine groups is 2. The highest BCUT2D eigenvalue weighted by atomic mass is 19.2. The molecule has 0 saturated heterocycles. The summed E-state index contributed by atoms with van der Waals surface area (Å²) >= 11 is 0. The molecule has 0 aliphatic carbocycles. The van der Waals surface area contributed by atoms with E-state index in [1.165, 1.54) is 0 Å². The van der Waals surface area contributed by atoms with Crippen LogP contribution in [-0.2, 0) is 4.84 Å². The second-order valence-corrected chi connectivity index (χ2v) is 2.70. The van der Waals surface area contributed by atoms with Crippen LogP contribution < -0.4 is 0 Å². The average Bonchev–Trinajstić information content (AvgIpc) is 2.22. The average molecular weight is 219 g/mol. The first-order valence-electron chi connectivity index (χ1n) is 3.94. The number of carbonyl (C=O) groups excluding carboxylic acids is 1. The molecule has 15 heavy (non-hydrogen) atoms. The van der Waals surface area contributed by atoms with Gasteiger partial charge < -0.3 is 0 Å². The molecule has 0 unspecified atom stereocenters. The summed E-state index contributed by atoms with van der Waals surface area (Å²) in [6.45, 7) is 0. The lowest BCUT2D eigenvalue weighted by atomic mass is 10.2. The van der Waals surface area contributed by atoms with E-state index in [-0.39, 0.29) is 0 Å². The van der Waals surface area contributed by atoms with Gasteiger partial charge in [-0.25, -0.2) is 18.2 Å². The largest absolute Gasteiger partial charge is 0.283 e. The predicted molar refractivity (Wildman–Crippen MR) is 45.4 cm³/mol. The Labute approximate surface area is 84.0 Å². The first kappa shape index (κ1) is 11.5. The number of carbonyl (C=O) groups is 1. The highest BCUT2D eigenvalue weighted by molar-refractivity contribution is 5.93. The van der Waals surface area contributed by atoms with Crippen LogP contribution in [0.1, 0.15) is 10.4 Å². The van der Waals surface area contributed by atoms with Crippen molar-refractivity contribution in [3.8, 4) is 0 Å². The third-order valence-electron chi connectivity index (χ3n) is 1.82. The molecule has 0 N–H and O–H groups in total. The summed E-state index contributed by atoms with van der Waals surface area (Å²) in [4.78, 5) is 15.8. The first-order chi connectivity index (χ1) is 6.99. The third-order valence-corrected chi connectivity index (χ3v) is 1.82. The number of rotatable bonds is 2. The lowest BCUT2D eigenvalue weighted by Crippen LogP contribution is -2.27. The van der Waals surface area contributed by atoms with Crippen LogP contribution in [0.3, 0.4) is 0 Å². The van der Waals surface area contributed by atoms with E-state index in [1.54, 1.807) is 0 Å². The third kappa shape index (κ3) is 2.10. The number of benzene rings is 1. The predicted octanol–water partition coefficient (Wildman–Crippen LogP) is 1.74. The van der Waals surface area contributed by atoms with Crippen molar-refractivity contribution in [2.24, 2.45) is 0 Å². The summed E-state index contributed by atoms with van der Waals surface area (Å²) in [6.07, 6.45) is 0. The molecule has 1 rings (SSSR count). The zero-order chi connectivity index (χ0) is 11.6. The minimum absolute atomic E-state index is 0.598. The van der Waals surface area contributed by atoms with Crippen LogP contribution in [0.25, 0.3) is 0 Å². The number of amides is 1. The normalized spacial score (nSPS) is 10.2. The first-order valence-corrected chi connectivity index (χ1v) is 3.94. The molecule has 0 atom stereocenters. The van der Waals surface area contributed by atoms with E-state index >= 15 is 0 Å². The molecule has 0 aliphatic heterocycles. The van der Waals surface area contributed by atoms with Gasteiger partial charge in [0.25, 0.3) is 5.91 Å². The molecule has 0 saturated carbocycles. The maximum absolute atomic E-state index is 13.1. The van der Waals surface area contributed by atoms with Crippen LogP contribution in [0.2, 0.25) is 0 Å². The van der Waals surface area contributed by atoms with E-state index < -0.39 is 28.9 Å². The highest BCUT2D eigenvalue weighted by Gasteiger charge is 2.23. The maximum atomic E-state index is 13.1. The molecule has 0 aromatic heterocycles. The molecule has 0 fully saturated rings. The van der Waals surface area contributed by atoms with Gasteiger partial charge in [0.1, 0.15) is 11.4 Å². The number of hydrogen-bond acceptors (Lipinski definition) is 2. The lowest BCUT2D eigenvalue weighted by molar-refractivity contribution is -0.0762. The van der Waals surface area contributed by atoms with Gasteiger partial charge in [0, 0.05) is 7.05 Å². The quantitative estimate of drug-likeness (QED) is 0.560. The minimum atomic E-state index is -1.52. The van der Waals surface area contributed by atoms with Crippen LogP contribution in [0.5, 0.6) is 0 Å².